The van der Waals surface area contributed by atoms with Gasteiger partial charge in [0.05, 0.1) is 0 Å². The number of hydrogen-bond acceptors (Lipinski definition) is 2. The summed E-state index contributed by atoms with van der Waals surface area (Å²) in [5, 5.41) is 0. The molecule has 2 aromatic rings. The Morgan fingerprint density at radius 3 is 2.89 bits per heavy atom. The average molecular weight is 256 g/mol. The molecule has 1 aliphatic rings. The van der Waals surface area contributed by atoms with Crippen molar-refractivity contribution in [3.05, 3.63) is 59.9 Å². The maximum Gasteiger partial charge on any atom is 0.266 e. The molecule has 0 aliphatic carbocycles. The minimum absolute atomic E-state index is 0.303. The second-order valence-corrected chi connectivity index (χ2v) is 4.52. The van der Waals surface area contributed by atoms with Gasteiger partial charge in [-0.2, -0.15) is 0 Å². The van der Waals surface area contributed by atoms with Gasteiger partial charge >= 0.3 is 0 Å². The smallest absolute Gasteiger partial charge is 0.266 e. The summed E-state index contributed by atoms with van der Waals surface area (Å²) < 4.78 is 14.2. The number of para-hydroxylation sites is 1. The van der Waals surface area contributed by atoms with E-state index in [0.717, 1.165) is 17.7 Å². The number of amides is 1. The Morgan fingerprint density at radius 1 is 1.26 bits per heavy atom. The number of halogens is 1. The number of nitrogens with zero attached hydrogens (tertiary/aromatic N) is 2. The third-order valence-electron chi connectivity index (χ3n) is 3.35. The highest BCUT2D eigenvalue weighted by Gasteiger charge is 2.30. The minimum Gasteiger partial charge on any atom is -0.309 e. The monoisotopic (exact) mass is 256 g/mol. The maximum atomic E-state index is 14.2. The van der Waals surface area contributed by atoms with Crippen LogP contribution in [0.2, 0.25) is 0 Å². The summed E-state index contributed by atoms with van der Waals surface area (Å²) in [4.78, 5) is 17.6. The lowest BCUT2D eigenvalue weighted by molar-refractivity contribution is -0.123. The van der Waals surface area contributed by atoms with E-state index < -0.39 is 12.1 Å². The van der Waals surface area contributed by atoms with Crippen molar-refractivity contribution in [2.24, 2.45) is 0 Å². The fourth-order valence-electron chi connectivity index (χ4n) is 2.37. The molecule has 3 rings (SSSR count). The van der Waals surface area contributed by atoms with Crippen molar-refractivity contribution < 1.29 is 9.18 Å². The normalized spacial score (nSPS) is 15.1. The SMILES string of the molecule is O=C(C(F)c1cccnc1)N1CCc2ccccc21. The van der Waals surface area contributed by atoms with Crippen molar-refractivity contribution in [2.75, 3.05) is 11.4 Å². The standard InChI is InChI=1S/C15H13FN2O/c16-14(12-5-3-8-17-10-12)15(19)18-9-7-11-4-1-2-6-13(11)18/h1-6,8,10,14H,7,9H2. The van der Waals surface area contributed by atoms with E-state index in [1.54, 1.807) is 18.3 Å². The molecule has 0 spiro atoms. The summed E-state index contributed by atoms with van der Waals surface area (Å²) in [5.41, 5.74) is 2.21. The van der Waals surface area contributed by atoms with Crippen LogP contribution in [-0.4, -0.2) is 17.4 Å². The topological polar surface area (TPSA) is 33.2 Å². The lowest BCUT2D eigenvalue weighted by Gasteiger charge is -2.19. The van der Waals surface area contributed by atoms with Crippen LogP contribution in [-0.2, 0) is 11.2 Å². The third-order valence-corrected chi connectivity index (χ3v) is 3.35. The van der Waals surface area contributed by atoms with Gasteiger partial charge in [-0.05, 0) is 24.1 Å². The van der Waals surface area contributed by atoms with Gasteiger partial charge < -0.3 is 4.90 Å². The highest BCUT2D eigenvalue weighted by molar-refractivity contribution is 5.98. The van der Waals surface area contributed by atoms with E-state index in [0.29, 0.717) is 12.1 Å². The van der Waals surface area contributed by atoms with Crippen LogP contribution in [0.5, 0.6) is 0 Å². The second-order valence-electron chi connectivity index (χ2n) is 4.52. The molecule has 1 aromatic heterocycles. The molecule has 2 heterocycles. The molecule has 0 saturated heterocycles. The fourth-order valence-corrected chi connectivity index (χ4v) is 2.37. The molecule has 4 heteroatoms. The number of pyridine rings is 1. The first-order valence-corrected chi connectivity index (χ1v) is 6.20. The molecule has 1 aliphatic heterocycles. The first-order valence-electron chi connectivity index (χ1n) is 6.20. The highest BCUT2D eigenvalue weighted by atomic mass is 19.1. The molecule has 96 valence electrons. The van der Waals surface area contributed by atoms with E-state index in [-0.39, 0.29) is 0 Å². The average Bonchev–Trinajstić information content (AvgIpc) is 2.90. The predicted molar refractivity (Wildman–Crippen MR) is 70.6 cm³/mol. The van der Waals surface area contributed by atoms with Crippen molar-refractivity contribution in [2.45, 2.75) is 12.6 Å². The van der Waals surface area contributed by atoms with E-state index in [9.17, 15) is 9.18 Å². The van der Waals surface area contributed by atoms with Gasteiger partial charge in [-0.15, -0.1) is 0 Å². The van der Waals surface area contributed by atoms with Gasteiger partial charge in [0.2, 0.25) is 6.17 Å². The molecule has 0 saturated carbocycles. The molecular formula is C15H13FN2O. The quantitative estimate of drug-likeness (QED) is 0.827. The highest BCUT2D eigenvalue weighted by Crippen LogP contribution is 2.31. The summed E-state index contributed by atoms with van der Waals surface area (Å²) in [7, 11) is 0. The number of carbonyl (C=O) groups excluding carboxylic acids is 1. The summed E-state index contributed by atoms with van der Waals surface area (Å²) in [6, 6.07) is 10.8. The molecular weight excluding hydrogens is 243 g/mol. The van der Waals surface area contributed by atoms with Gasteiger partial charge in [-0.1, -0.05) is 24.3 Å². The Bertz CT molecular complexity index is 600. The van der Waals surface area contributed by atoms with E-state index in [1.165, 1.54) is 11.1 Å². The number of benzene rings is 1. The van der Waals surface area contributed by atoms with Gasteiger partial charge in [-0.3, -0.25) is 9.78 Å². The largest absolute Gasteiger partial charge is 0.309 e. The molecule has 0 fully saturated rings. The molecule has 3 nitrogen and oxygen atoms in total. The molecule has 1 aromatic carbocycles. The first-order chi connectivity index (χ1) is 9.27. The first kappa shape index (κ1) is 11.8. The van der Waals surface area contributed by atoms with Crippen LogP contribution in [0, 0.1) is 0 Å². The van der Waals surface area contributed by atoms with Gasteiger partial charge in [0.1, 0.15) is 0 Å². The number of hydrogen-bond donors (Lipinski definition) is 0. The van der Waals surface area contributed by atoms with Crippen LogP contribution in [0.25, 0.3) is 0 Å². The molecule has 0 radical (unpaired) electrons. The van der Waals surface area contributed by atoms with Crippen LogP contribution >= 0.6 is 0 Å². The third kappa shape index (κ3) is 2.10. The van der Waals surface area contributed by atoms with Crippen LogP contribution < -0.4 is 4.90 Å². The number of alkyl halides is 1. The van der Waals surface area contributed by atoms with E-state index in [2.05, 4.69) is 4.98 Å². The van der Waals surface area contributed by atoms with Gasteiger partial charge in [-0.25, -0.2) is 4.39 Å². The van der Waals surface area contributed by atoms with Crippen molar-refractivity contribution in [1.82, 2.24) is 4.98 Å². The summed E-state index contributed by atoms with van der Waals surface area (Å²) in [6.07, 6.45) is 2.08. The van der Waals surface area contributed by atoms with Gasteiger partial charge in [0, 0.05) is 30.2 Å². The Labute approximate surface area is 110 Å². The summed E-state index contributed by atoms with van der Waals surface area (Å²) in [5.74, 6) is -0.516. The zero-order valence-electron chi connectivity index (χ0n) is 10.3. The molecule has 0 N–H and O–H groups in total. The van der Waals surface area contributed by atoms with Gasteiger partial charge in [0.25, 0.3) is 5.91 Å². The fraction of sp³-hybridized carbons (Fsp3) is 0.200. The van der Waals surface area contributed by atoms with Gasteiger partial charge in [0.15, 0.2) is 0 Å². The van der Waals surface area contributed by atoms with Crippen molar-refractivity contribution in [3.8, 4) is 0 Å². The number of rotatable bonds is 2. The van der Waals surface area contributed by atoms with Crippen LogP contribution in [0.1, 0.15) is 17.3 Å². The number of aromatic nitrogens is 1. The minimum atomic E-state index is -1.65. The Hall–Kier alpha value is -2.23. The van der Waals surface area contributed by atoms with E-state index >= 15 is 0 Å². The number of carbonyl (C=O) groups is 1. The molecule has 0 bridgehead atoms. The van der Waals surface area contributed by atoms with Crippen LogP contribution in [0.4, 0.5) is 10.1 Å². The lowest BCUT2D eigenvalue weighted by Crippen LogP contribution is -2.32. The molecule has 1 amide bonds. The molecule has 19 heavy (non-hydrogen) atoms. The second kappa shape index (κ2) is 4.80. The van der Waals surface area contributed by atoms with E-state index in [1.807, 2.05) is 24.3 Å². The summed E-state index contributed by atoms with van der Waals surface area (Å²) >= 11 is 0. The number of anilines is 1. The zero-order valence-corrected chi connectivity index (χ0v) is 10.3. The van der Waals surface area contributed by atoms with Crippen molar-refractivity contribution >= 4 is 11.6 Å². The summed E-state index contributed by atoms with van der Waals surface area (Å²) in [6.45, 7) is 0.541. The Kier molecular flexibility index (Phi) is 2.99. The maximum absolute atomic E-state index is 14.2. The zero-order chi connectivity index (χ0) is 13.2. The Morgan fingerprint density at radius 2 is 2.11 bits per heavy atom. The van der Waals surface area contributed by atoms with E-state index in [4.69, 9.17) is 0 Å². The number of fused-ring (bicyclic) bond motifs is 1. The van der Waals surface area contributed by atoms with Crippen LogP contribution in [0.3, 0.4) is 0 Å². The van der Waals surface area contributed by atoms with Crippen molar-refractivity contribution in [3.63, 3.8) is 0 Å². The predicted octanol–water partition coefficient (Wildman–Crippen LogP) is 2.68. The lowest BCUT2D eigenvalue weighted by atomic mass is 10.1. The molecule has 1 atom stereocenters. The van der Waals surface area contributed by atoms with Crippen molar-refractivity contribution in [1.29, 1.82) is 0 Å². The van der Waals surface area contributed by atoms with Crippen LogP contribution in [0.15, 0.2) is 48.8 Å². The molecule has 1 unspecified atom stereocenters. The Balaban J connectivity index is 1.86.